The molecule has 0 saturated heterocycles. The lowest BCUT2D eigenvalue weighted by atomic mass is 10.2. The summed E-state index contributed by atoms with van der Waals surface area (Å²) in [5.74, 6) is 0.705. The summed E-state index contributed by atoms with van der Waals surface area (Å²) < 4.78 is 36.4. The zero-order valence-electron chi connectivity index (χ0n) is 9.47. The van der Waals surface area contributed by atoms with Crippen LogP contribution in [0, 0.1) is 0 Å². The van der Waals surface area contributed by atoms with Gasteiger partial charge in [-0.05, 0) is 6.92 Å². The SMILES string of the molecule is CNc1cc(NC(C)CC(F)(F)F)nc(N)n1. The molecule has 1 aromatic heterocycles. The highest BCUT2D eigenvalue weighted by molar-refractivity contribution is 5.50. The van der Waals surface area contributed by atoms with Crippen LogP contribution in [0.2, 0.25) is 0 Å². The molecule has 5 nitrogen and oxygen atoms in total. The molecular formula is C9H14F3N5. The number of rotatable bonds is 4. The van der Waals surface area contributed by atoms with Crippen LogP contribution in [0.3, 0.4) is 0 Å². The zero-order valence-corrected chi connectivity index (χ0v) is 9.47. The second-order valence-electron chi connectivity index (χ2n) is 3.61. The minimum absolute atomic E-state index is 0.00133. The molecule has 1 rings (SSSR count). The minimum atomic E-state index is -4.21. The Morgan fingerprint density at radius 3 is 2.47 bits per heavy atom. The first-order valence-electron chi connectivity index (χ1n) is 4.96. The maximum atomic E-state index is 12.1. The van der Waals surface area contributed by atoms with E-state index in [1.54, 1.807) is 7.05 Å². The lowest BCUT2D eigenvalue weighted by Gasteiger charge is -2.16. The van der Waals surface area contributed by atoms with E-state index < -0.39 is 18.6 Å². The molecule has 96 valence electrons. The number of hydrogen-bond donors (Lipinski definition) is 3. The zero-order chi connectivity index (χ0) is 13.1. The molecule has 1 atom stereocenters. The summed E-state index contributed by atoms with van der Waals surface area (Å²) in [6, 6.07) is 0.706. The van der Waals surface area contributed by atoms with Crippen LogP contribution in [-0.4, -0.2) is 29.2 Å². The van der Waals surface area contributed by atoms with Crippen LogP contribution in [-0.2, 0) is 0 Å². The standard InChI is InChI=1S/C9H14F3N5/c1-5(4-9(10,11)12)15-7-3-6(14-2)16-8(13)17-7/h3,5H,4H2,1-2H3,(H4,13,14,15,16,17). The molecule has 0 aromatic carbocycles. The van der Waals surface area contributed by atoms with E-state index >= 15 is 0 Å². The quantitative estimate of drug-likeness (QED) is 0.759. The summed E-state index contributed by atoms with van der Waals surface area (Å²) in [5.41, 5.74) is 5.41. The van der Waals surface area contributed by atoms with Crippen LogP contribution in [0.5, 0.6) is 0 Å². The fourth-order valence-corrected chi connectivity index (χ4v) is 1.32. The van der Waals surface area contributed by atoms with Gasteiger partial charge < -0.3 is 16.4 Å². The Morgan fingerprint density at radius 1 is 1.35 bits per heavy atom. The van der Waals surface area contributed by atoms with Crippen molar-refractivity contribution in [2.24, 2.45) is 0 Å². The largest absolute Gasteiger partial charge is 0.391 e. The normalized spacial score (nSPS) is 13.2. The van der Waals surface area contributed by atoms with E-state index in [4.69, 9.17) is 5.73 Å². The third-order valence-corrected chi connectivity index (χ3v) is 1.93. The van der Waals surface area contributed by atoms with Crippen LogP contribution >= 0.6 is 0 Å². The highest BCUT2D eigenvalue weighted by atomic mass is 19.4. The fourth-order valence-electron chi connectivity index (χ4n) is 1.32. The van der Waals surface area contributed by atoms with Crippen LogP contribution in [0.1, 0.15) is 13.3 Å². The van der Waals surface area contributed by atoms with Crippen molar-refractivity contribution in [2.75, 3.05) is 23.4 Å². The number of hydrogen-bond acceptors (Lipinski definition) is 5. The Kier molecular flexibility index (Phi) is 3.97. The van der Waals surface area contributed by atoms with Gasteiger partial charge in [-0.3, -0.25) is 0 Å². The van der Waals surface area contributed by atoms with E-state index in [1.807, 2.05) is 0 Å². The minimum Gasteiger partial charge on any atom is -0.373 e. The molecule has 1 aromatic rings. The second kappa shape index (κ2) is 5.07. The summed E-state index contributed by atoms with van der Waals surface area (Å²) in [5, 5.41) is 5.36. The molecule has 0 aliphatic heterocycles. The van der Waals surface area contributed by atoms with E-state index in [2.05, 4.69) is 20.6 Å². The molecular weight excluding hydrogens is 235 g/mol. The molecule has 0 radical (unpaired) electrons. The topological polar surface area (TPSA) is 75.9 Å². The Balaban J connectivity index is 2.71. The van der Waals surface area contributed by atoms with Gasteiger partial charge in [0.1, 0.15) is 11.6 Å². The first-order valence-corrected chi connectivity index (χ1v) is 4.96. The van der Waals surface area contributed by atoms with Crippen LogP contribution in [0.4, 0.5) is 30.8 Å². The highest BCUT2D eigenvalue weighted by Gasteiger charge is 2.30. The van der Waals surface area contributed by atoms with E-state index in [-0.39, 0.29) is 11.8 Å². The number of aromatic nitrogens is 2. The molecule has 0 aliphatic carbocycles. The van der Waals surface area contributed by atoms with Gasteiger partial charge >= 0.3 is 6.18 Å². The molecule has 1 heterocycles. The predicted octanol–water partition coefficient (Wildman–Crippen LogP) is 1.85. The van der Waals surface area contributed by atoms with Gasteiger partial charge in [0.25, 0.3) is 0 Å². The van der Waals surface area contributed by atoms with Crippen molar-refractivity contribution in [3.05, 3.63) is 6.07 Å². The van der Waals surface area contributed by atoms with Crippen LogP contribution in [0.25, 0.3) is 0 Å². The Morgan fingerprint density at radius 2 is 1.94 bits per heavy atom. The number of alkyl halides is 3. The maximum absolute atomic E-state index is 12.1. The average molecular weight is 249 g/mol. The van der Waals surface area contributed by atoms with E-state index in [9.17, 15) is 13.2 Å². The molecule has 0 amide bonds. The molecule has 0 aliphatic rings. The van der Waals surface area contributed by atoms with Crippen LogP contribution in [0.15, 0.2) is 6.07 Å². The lowest BCUT2D eigenvalue weighted by Crippen LogP contribution is -2.24. The molecule has 4 N–H and O–H groups in total. The average Bonchev–Trinajstić information content (AvgIpc) is 2.13. The molecule has 8 heteroatoms. The maximum Gasteiger partial charge on any atom is 0.391 e. The molecule has 17 heavy (non-hydrogen) atoms. The first kappa shape index (κ1) is 13.3. The summed E-state index contributed by atoms with van der Waals surface area (Å²) >= 11 is 0. The van der Waals surface area contributed by atoms with Gasteiger partial charge in [-0.2, -0.15) is 23.1 Å². The van der Waals surface area contributed by atoms with Crippen molar-refractivity contribution in [3.8, 4) is 0 Å². The summed E-state index contributed by atoms with van der Waals surface area (Å²) in [7, 11) is 1.63. The second-order valence-corrected chi connectivity index (χ2v) is 3.61. The third kappa shape index (κ3) is 4.75. The lowest BCUT2D eigenvalue weighted by molar-refractivity contribution is -0.136. The summed E-state index contributed by atoms with van der Waals surface area (Å²) in [6.07, 6.45) is -5.15. The van der Waals surface area contributed by atoms with Crippen molar-refractivity contribution in [1.82, 2.24) is 9.97 Å². The Hall–Kier alpha value is -1.73. The van der Waals surface area contributed by atoms with E-state index in [0.29, 0.717) is 5.82 Å². The monoisotopic (exact) mass is 249 g/mol. The van der Waals surface area contributed by atoms with Gasteiger partial charge in [0.2, 0.25) is 5.95 Å². The number of nitrogen functional groups attached to an aromatic ring is 1. The number of nitrogens with two attached hydrogens (primary N) is 1. The van der Waals surface area contributed by atoms with E-state index in [0.717, 1.165) is 0 Å². The molecule has 0 fully saturated rings. The van der Waals surface area contributed by atoms with Gasteiger partial charge in [0.15, 0.2) is 0 Å². The summed E-state index contributed by atoms with van der Waals surface area (Å²) in [6.45, 7) is 1.42. The smallest absolute Gasteiger partial charge is 0.373 e. The third-order valence-electron chi connectivity index (χ3n) is 1.93. The van der Waals surface area contributed by atoms with Gasteiger partial charge in [-0.15, -0.1) is 0 Å². The predicted molar refractivity (Wildman–Crippen MR) is 59.7 cm³/mol. The number of nitrogens with zero attached hydrogens (tertiary/aromatic N) is 2. The highest BCUT2D eigenvalue weighted by Crippen LogP contribution is 2.23. The first-order chi connectivity index (χ1) is 7.80. The van der Waals surface area contributed by atoms with Gasteiger partial charge in [0.05, 0.1) is 6.42 Å². The van der Waals surface area contributed by atoms with Gasteiger partial charge in [0, 0.05) is 19.2 Å². The van der Waals surface area contributed by atoms with Crippen molar-refractivity contribution < 1.29 is 13.2 Å². The fraction of sp³-hybridized carbons (Fsp3) is 0.556. The summed E-state index contributed by atoms with van der Waals surface area (Å²) in [4.78, 5) is 7.63. The molecule has 0 saturated carbocycles. The number of halogens is 3. The Bertz CT molecular complexity index is 379. The van der Waals surface area contributed by atoms with Crippen molar-refractivity contribution in [2.45, 2.75) is 25.6 Å². The molecule has 0 bridgehead atoms. The van der Waals surface area contributed by atoms with Crippen molar-refractivity contribution in [3.63, 3.8) is 0 Å². The van der Waals surface area contributed by atoms with Gasteiger partial charge in [-0.25, -0.2) is 0 Å². The number of anilines is 3. The van der Waals surface area contributed by atoms with Crippen molar-refractivity contribution >= 4 is 17.6 Å². The number of nitrogens with one attached hydrogen (secondary N) is 2. The van der Waals surface area contributed by atoms with Crippen molar-refractivity contribution in [1.29, 1.82) is 0 Å². The van der Waals surface area contributed by atoms with Gasteiger partial charge in [-0.1, -0.05) is 0 Å². The Labute approximate surface area is 96.6 Å². The van der Waals surface area contributed by atoms with Crippen LogP contribution < -0.4 is 16.4 Å². The van der Waals surface area contributed by atoms with E-state index in [1.165, 1.54) is 13.0 Å². The molecule has 1 unspecified atom stereocenters. The molecule has 0 spiro atoms.